The fraction of sp³-hybridized carbons (Fsp3) is 0.346. The van der Waals surface area contributed by atoms with Gasteiger partial charge in [-0.1, -0.05) is 38.1 Å². The quantitative estimate of drug-likeness (QED) is 0.378. The molecule has 0 aliphatic rings. The first-order valence-corrected chi connectivity index (χ1v) is 11.8. The maximum absolute atomic E-state index is 12.6. The molecule has 2 aromatic heterocycles. The zero-order valence-electron chi connectivity index (χ0n) is 18.9. The number of fused-ring (bicyclic) bond motifs is 3. The van der Waals surface area contributed by atoms with Crippen molar-refractivity contribution in [2.45, 2.75) is 33.1 Å². The summed E-state index contributed by atoms with van der Waals surface area (Å²) in [6.07, 6.45) is 1.11. The van der Waals surface area contributed by atoms with Crippen molar-refractivity contribution >= 4 is 32.3 Å². The third-order valence-electron chi connectivity index (χ3n) is 6.32. The van der Waals surface area contributed by atoms with E-state index in [4.69, 9.17) is 4.74 Å². The van der Waals surface area contributed by atoms with Crippen LogP contribution >= 0.6 is 11.3 Å². The van der Waals surface area contributed by atoms with Crippen LogP contribution in [0.3, 0.4) is 0 Å². The maximum Gasteiger partial charge on any atom is 0.266 e. The van der Waals surface area contributed by atoms with E-state index in [0.717, 1.165) is 62.9 Å². The maximum atomic E-state index is 12.6. The molecular formula is C26H30N2O2S. The summed E-state index contributed by atoms with van der Waals surface area (Å²) < 4.78 is 6.57. The second kappa shape index (κ2) is 8.85. The number of thiophene rings is 1. The minimum absolute atomic E-state index is 0.0297. The van der Waals surface area contributed by atoms with Gasteiger partial charge in [-0.2, -0.15) is 0 Å². The molecule has 0 spiro atoms. The highest BCUT2D eigenvalue weighted by Crippen LogP contribution is 2.42. The second-order valence-corrected chi connectivity index (χ2v) is 9.14. The summed E-state index contributed by atoms with van der Waals surface area (Å²) in [6.45, 7) is 8.57. The molecule has 4 nitrogen and oxygen atoms in total. The van der Waals surface area contributed by atoms with Crippen LogP contribution in [0.5, 0.6) is 5.75 Å². The van der Waals surface area contributed by atoms with Gasteiger partial charge >= 0.3 is 0 Å². The summed E-state index contributed by atoms with van der Waals surface area (Å²) in [7, 11) is 3.88. The lowest BCUT2D eigenvalue weighted by Crippen LogP contribution is -2.24. The Morgan fingerprint density at radius 2 is 1.90 bits per heavy atom. The number of H-pyrrole nitrogens is 1. The average Bonchev–Trinajstić information content (AvgIpc) is 3.28. The predicted molar refractivity (Wildman–Crippen MR) is 133 cm³/mol. The number of nitrogens with one attached hydrogen (secondary N) is 1. The Kier molecular flexibility index (Phi) is 6.17. The van der Waals surface area contributed by atoms with Gasteiger partial charge in [-0.15, -0.1) is 11.3 Å². The van der Waals surface area contributed by atoms with E-state index in [2.05, 4.69) is 55.0 Å². The molecule has 0 bridgehead atoms. The first-order chi connectivity index (χ1) is 15.0. The Bertz CT molecular complexity index is 1270. The van der Waals surface area contributed by atoms with Gasteiger partial charge in [0.2, 0.25) is 0 Å². The number of hydrogen-bond donors (Lipinski definition) is 1. The minimum atomic E-state index is -0.0297. The molecule has 0 amide bonds. The van der Waals surface area contributed by atoms with Crippen molar-refractivity contribution in [3.63, 3.8) is 0 Å². The van der Waals surface area contributed by atoms with Crippen molar-refractivity contribution < 1.29 is 4.74 Å². The van der Waals surface area contributed by atoms with Crippen LogP contribution in [0.2, 0.25) is 0 Å². The standard InChI is InChI=1S/C26H30N2O2S/c1-6-17(15-28(4)7-2)18-8-10-19(11-9-18)22-21(30-5)14-16(3)24-23(22)20-12-13-31-25(20)26(29)27-24/h8-14,17H,6-7,15H2,1-5H3,(H,27,29). The first kappa shape index (κ1) is 21.6. The number of nitrogens with zero attached hydrogens (tertiary/aromatic N) is 1. The van der Waals surface area contributed by atoms with Crippen LogP contribution in [-0.2, 0) is 0 Å². The van der Waals surface area contributed by atoms with E-state index in [1.807, 2.05) is 24.4 Å². The van der Waals surface area contributed by atoms with Crippen molar-refractivity contribution in [3.05, 3.63) is 63.3 Å². The summed E-state index contributed by atoms with van der Waals surface area (Å²) in [5, 5.41) is 4.02. The minimum Gasteiger partial charge on any atom is -0.496 e. The van der Waals surface area contributed by atoms with E-state index in [-0.39, 0.29) is 5.56 Å². The first-order valence-electron chi connectivity index (χ1n) is 10.9. The Balaban J connectivity index is 1.90. The van der Waals surface area contributed by atoms with Crippen LogP contribution in [0.1, 0.15) is 37.3 Å². The van der Waals surface area contributed by atoms with Gasteiger partial charge < -0.3 is 14.6 Å². The molecule has 0 aliphatic carbocycles. The smallest absolute Gasteiger partial charge is 0.266 e. The highest BCUT2D eigenvalue weighted by atomic mass is 32.1. The monoisotopic (exact) mass is 434 g/mol. The van der Waals surface area contributed by atoms with E-state index < -0.39 is 0 Å². The molecule has 0 saturated carbocycles. The van der Waals surface area contributed by atoms with Gasteiger partial charge in [0, 0.05) is 22.9 Å². The van der Waals surface area contributed by atoms with Crippen LogP contribution in [-0.4, -0.2) is 37.1 Å². The van der Waals surface area contributed by atoms with Crippen LogP contribution in [0.25, 0.3) is 32.1 Å². The largest absolute Gasteiger partial charge is 0.496 e. The number of methoxy groups -OCH3 is 1. The molecule has 4 rings (SSSR count). The van der Waals surface area contributed by atoms with Gasteiger partial charge in [0.25, 0.3) is 5.56 Å². The lowest BCUT2D eigenvalue weighted by Gasteiger charge is -2.22. The lowest BCUT2D eigenvalue weighted by atomic mass is 9.91. The summed E-state index contributed by atoms with van der Waals surface area (Å²) in [5.74, 6) is 1.34. The van der Waals surface area contributed by atoms with Gasteiger partial charge in [-0.05, 0) is 67.1 Å². The summed E-state index contributed by atoms with van der Waals surface area (Å²) in [6, 6.07) is 12.9. The zero-order chi connectivity index (χ0) is 22.1. The number of benzene rings is 2. The number of ether oxygens (including phenoxy) is 1. The summed E-state index contributed by atoms with van der Waals surface area (Å²) in [4.78, 5) is 18.1. The molecule has 0 aliphatic heterocycles. The highest BCUT2D eigenvalue weighted by molar-refractivity contribution is 7.17. The van der Waals surface area contributed by atoms with E-state index in [1.54, 1.807) is 7.11 Å². The van der Waals surface area contributed by atoms with E-state index in [9.17, 15) is 4.79 Å². The van der Waals surface area contributed by atoms with Gasteiger partial charge in [-0.3, -0.25) is 4.79 Å². The molecule has 31 heavy (non-hydrogen) atoms. The highest BCUT2D eigenvalue weighted by Gasteiger charge is 2.19. The average molecular weight is 435 g/mol. The molecule has 4 aromatic rings. The number of likely N-dealkylation sites (N-methyl/N-ethyl adjacent to an activating group) is 1. The van der Waals surface area contributed by atoms with Gasteiger partial charge in [-0.25, -0.2) is 0 Å². The van der Waals surface area contributed by atoms with Crippen molar-refractivity contribution in [1.29, 1.82) is 0 Å². The Hall–Kier alpha value is -2.63. The van der Waals surface area contributed by atoms with E-state index in [0.29, 0.717) is 5.92 Å². The van der Waals surface area contributed by atoms with Gasteiger partial charge in [0.15, 0.2) is 0 Å². The fourth-order valence-corrected chi connectivity index (χ4v) is 5.21. The number of aromatic nitrogens is 1. The predicted octanol–water partition coefficient (Wildman–Crippen LogP) is 6.17. The zero-order valence-corrected chi connectivity index (χ0v) is 19.7. The van der Waals surface area contributed by atoms with Crippen LogP contribution in [0.15, 0.2) is 46.6 Å². The van der Waals surface area contributed by atoms with E-state index in [1.165, 1.54) is 16.9 Å². The Labute approximate surface area is 187 Å². The summed E-state index contributed by atoms with van der Waals surface area (Å²) >= 11 is 1.48. The molecule has 1 atom stereocenters. The summed E-state index contributed by atoms with van der Waals surface area (Å²) in [5.41, 5.74) is 5.35. The third-order valence-corrected chi connectivity index (χ3v) is 7.24. The molecule has 2 heterocycles. The van der Waals surface area contributed by atoms with Crippen LogP contribution < -0.4 is 10.3 Å². The molecule has 0 saturated heterocycles. The molecule has 0 fully saturated rings. The van der Waals surface area contributed by atoms with Gasteiger partial charge in [0.1, 0.15) is 10.4 Å². The third kappa shape index (κ3) is 3.88. The number of aryl methyl sites for hydroxylation is 1. The molecule has 1 unspecified atom stereocenters. The second-order valence-electron chi connectivity index (χ2n) is 8.22. The Morgan fingerprint density at radius 1 is 1.16 bits per heavy atom. The number of aromatic amines is 1. The van der Waals surface area contributed by atoms with Crippen LogP contribution in [0, 0.1) is 6.92 Å². The molecule has 5 heteroatoms. The molecule has 0 radical (unpaired) electrons. The number of hydrogen-bond acceptors (Lipinski definition) is 4. The molecular weight excluding hydrogens is 404 g/mol. The van der Waals surface area contributed by atoms with Crippen molar-refractivity contribution in [3.8, 4) is 16.9 Å². The van der Waals surface area contributed by atoms with Gasteiger partial charge in [0.05, 0.1) is 12.6 Å². The van der Waals surface area contributed by atoms with E-state index >= 15 is 0 Å². The van der Waals surface area contributed by atoms with Crippen molar-refractivity contribution in [1.82, 2.24) is 9.88 Å². The number of rotatable bonds is 7. The van der Waals surface area contributed by atoms with Crippen molar-refractivity contribution in [2.75, 3.05) is 27.2 Å². The molecule has 1 N–H and O–H groups in total. The van der Waals surface area contributed by atoms with Crippen molar-refractivity contribution in [2.24, 2.45) is 0 Å². The normalized spacial score (nSPS) is 12.7. The fourth-order valence-electron chi connectivity index (χ4n) is 4.41. The Morgan fingerprint density at radius 3 is 2.55 bits per heavy atom. The van der Waals surface area contributed by atoms with Crippen LogP contribution in [0.4, 0.5) is 0 Å². The SMILES string of the molecule is CCC(CN(C)CC)c1ccc(-c2c(OC)cc(C)c3[nH]c(=O)c4sccc4c23)cc1. The molecule has 2 aromatic carbocycles. The lowest BCUT2D eigenvalue weighted by molar-refractivity contribution is 0.323. The number of pyridine rings is 1. The topological polar surface area (TPSA) is 45.3 Å². The molecule has 162 valence electrons.